The van der Waals surface area contributed by atoms with E-state index in [0.717, 1.165) is 0 Å². The third-order valence-corrected chi connectivity index (χ3v) is 6.35. The summed E-state index contributed by atoms with van der Waals surface area (Å²) in [5.41, 5.74) is 0.970. The maximum atomic E-state index is 13.7. The minimum absolute atomic E-state index is 0.0256. The van der Waals surface area contributed by atoms with E-state index in [1.165, 1.54) is 36.3 Å². The Balaban J connectivity index is 1.67. The van der Waals surface area contributed by atoms with Crippen LogP contribution < -0.4 is 9.64 Å². The number of ether oxygens (including phenoxy) is 1. The molecule has 2 N–H and O–H groups in total. The molecule has 0 bridgehead atoms. The predicted molar refractivity (Wildman–Crippen MR) is 132 cm³/mol. The van der Waals surface area contributed by atoms with Crippen molar-refractivity contribution in [2.45, 2.75) is 6.04 Å². The number of halogens is 2. The molecule has 0 saturated carbocycles. The Morgan fingerprint density at radius 1 is 1.03 bits per heavy atom. The van der Waals surface area contributed by atoms with Gasteiger partial charge in [-0.3, -0.25) is 14.5 Å². The van der Waals surface area contributed by atoms with Gasteiger partial charge >= 0.3 is 0 Å². The van der Waals surface area contributed by atoms with E-state index in [1.54, 1.807) is 42.5 Å². The maximum absolute atomic E-state index is 13.7. The number of aliphatic hydroxyl groups excluding tert-OH is 1. The number of furan rings is 1. The van der Waals surface area contributed by atoms with Gasteiger partial charge in [-0.25, -0.2) is 0 Å². The minimum atomic E-state index is -1.05. The Morgan fingerprint density at radius 2 is 1.77 bits per heavy atom. The summed E-state index contributed by atoms with van der Waals surface area (Å²) >= 11 is 12.2. The Labute approximate surface area is 209 Å². The summed E-state index contributed by atoms with van der Waals surface area (Å²) in [7, 11) is 1.48. The van der Waals surface area contributed by atoms with Crippen molar-refractivity contribution < 1.29 is 29.0 Å². The van der Waals surface area contributed by atoms with Gasteiger partial charge in [-0.2, -0.15) is 0 Å². The molecule has 0 saturated heterocycles. The van der Waals surface area contributed by atoms with Crippen LogP contribution in [0.4, 0.5) is 5.69 Å². The molecule has 176 valence electrons. The highest BCUT2D eigenvalue weighted by atomic mass is 35.5. The molecule has 0 aliphatic carbocycles. The smallest absolute Gasteiger partial charge is 0.294 e. The van der Waals surface area contributed by atoms with Crippen molar-refractivity contribution in [3.8, 4) is 11.5 Å². The molecule has 3 aromatic carbocycles. The van der Waals surface area contributed by atoms with Gasteiger partial charge in [0, 0.05) is 16.1 Å². The van der Waals surface area contributed by atoms with E-state index in [1.807, 2.05) is 0 Å². The van der Waals surface area contributed by atoms with E-state index in [2.05, 4.69) is 0 Å². The van der Waals surface area contributed by atoms with Crippen LogP contribution >= 0.6 is 23.2 Å². The van der Waals surface area contributed by atoms with Gasteiger partial charge in [0.15, 0.2) is 22.9 Å². The van der Waals surface area contributed by atoms with E-state index in [4.69, 9.17) is 32.4 Å². The molecule has 1 amide bonds. The van der Waals surface area contributed by atoms with Crippen LogP contribution in [0.1, 0.15) is 22.2 Å². The number of hydrogen-bond acceptors (Lipinski definition) is 6. The van der Waals surface area contributed by atoms with Crippen molar-refractivity contribution in [3.63, 3.8) is 0 Å². The molecule has 1 aliphatic rings. The molecule has 1 atom stereocenters. The molecule has 1 aromatic heterocycles. The number of methoxy groups -OCH3 is 1. The van der Waals surface area contributed by atoms with Crippen LogP contribution in [0.2, 0.25) is 10.0 Å². The van der Waals surface area contributed by atoms with Gasteiger partial charge in [-0.1, -0.05) is 41.4 Å². The molecule has 4 aromatic rings. The summed E-state index contributed by atoms with van der Waals surface area (Å²) in [5.74, 6) is -1.98. The molecule has 35 heavy (non-hydrogen) atoms. The van der Waals surface area contributed by atoms with Gasteiger partial charge in [0.2, 0.25) is 5.78 Å². The predicted octanol–water partition coefficient (Wildman–Crippen LogP) is 6.24. The van der Waals surface area contributed by atoms with E-state index in [0.29, 0.717) is 33.0 Å². The molecule has 1 aliphatic heterocycles. The standard InChI is InChI=1S/C26H17Cl2NO6/c1-34-19-4-2-3-14-12-20(35-25(14)19)23(31)21-22(13-5-10-18(30)17(28)11-13)29(26(33)24(21)32)16-8-6-15(27)7-9-16/h2-12,22,30,32H,1H3. The minimum Gasteiger partial charge on any atom is -0.506 e. The number of aliphatic hydroxyl groups is 1. The van der Waals surface area contributed by atoms with E-state index >= 15 is 0 Å². The van der Waals surface area contributed by atoms with Crippen LogP contribution in [0.15, 0.2) is 82.5 Å². The number of nitrogens with zero attached hydrogens (tertiary/aromatic N) is 1. The maximum Gasteiger partial charge on any atom is 0.294 e. The molecular weight excluding hydrogens is 493 g/mol. The summed E-state index contributed by atoms with van der Waals surface area (Å²) in [5, 5.41) is 21.9. The quantitative estimate of drug-likeness (QED) is 0.309. The first-order valence-corrected chi connectivity index (χ1v) is 11.2. The second-order valence-electron chi connectivity index (χ2n) is 7.85. The first kappa shape index (κ1) is 22.8. The normalized spacial score (nSPS) is 15.8. The van der Waals surface area contributed by atoms with Crippen molar-refractivity contribution in [2.24, 2.45) is 0 Å². The molecule has 0 fully saturated rings. The highest BCUT2D eigenvalue weighted by Gasteiger charge is 2.45. The van der Waals surface area contributed by atoms with Crippen LogP contribution in [0.5, 0.6) is 11.5 Å². The Kier molecular flexibility index (Phi) is 5.67. The van der Waals surface area contributed by atoms with E-state index in [-0.39, 0.29) is 22.1 Å². The first-order valence-electron chi connectivity index (χ1n) is 10.4. The zero-order chi connectivity index (χ0) is 24.9. The third kappa shape index (κ3) is 3.79. The molecule has 9 heteroatoms. The summed E-state index contributed by atoms with van der Waals surface area (Å²) in [6.07, 6.45) is 0. The fourth-order valence-electron chi connectivity index (χ4n) is 4.16. The van der Waals surface area contributed by atoms with Crippen LogP contribution in [0.3, 0.4) is 0 Å². The Bertz CT molecular complexity index is 1520. The fraction of sp³-hybridized carbons (Fsp3) is 0.0769. The number of para-hydroxylation sites is 1. The summed E-state index contributed by atoms with van der Waals surface area (Å²) in [4.78, 5) is 28.2. The number of amides is 1. The van der Waals surface area contributed by atoms with Gasteiger partial charge < -0.3 is 19.4 Å². The number of ketones is 1. The number of aromatic hydroxyl groups is 1. The average Bonchev–Trinajstić information content (AvgIpc) is 3.40. The van der Waals surface area contributed by atoms with Crippen LogP contribution in [-0.4, -0.2) is 29.0 Å². The number of fused-ring (bicyclic) bond motifs is 1. The molecule has 7 nitrogen and oxygen atoms in total. The zero-order valence-electron chi connectivity index (χ0n) is 18.2. The van der Waals surface area contributed by atoms with Crippen molar-refractivity contribution in [2.75, 3.05) is 12.0 Å². The molecule has 1 unspecified atom stereocenters. The lowest BCUT2D eigenvalue weighted by molar-refractivity contribution is -0.117. The monoisotopic (exact) mass is 509 g/mol. The van der Waals surface area contributed by atoms with Gasteiger partial charge in [0.05, 0.1) is 23.7 Å². The van der Waals surface area contributed by atoms with Crippen LogP contribution in [-0.2, 0) is 4.79 Å². The summed E-state index contributed by atoms with van der Waals surface area (Å²) in [6.45, 7) is 0. The van der Waals surface area contributed by atoms with Crippen molar-refractivity contribution in [1.29, 1.82) is 0 Å². The topological polar surface area (TPSA) is 100 Å². The third-order valence-electron chi connectivity index (χ3n) is 5.80. The van der Waals surface area contributed by atoms with Crippen LogP contribution in [0.25, 0.3) is 11.0 Å². The molecular formula is C26H17Cl2NO6. The number of carbonyl (C=O) groups is 2. The largest absolute Gasteiger partial charge is 0.506 e. The second kappa shape index (κ2) is 8.69. The fourth-order valence-corrected chi connectivity index (χ4v) is 4.47. The SMILES string of the molecule is COc1cccc2cc(C(=O)C3=C(O)C(=O)N(c4ccc(Cl)cc4)C3c3ccc(O)c(Cl)c3)oc12. The molecule has 0 radical (unpaired) electrons. The number of hydrogen-bond donors (Lipinski definition) is 2. The first-order chi connectivity index (χ1) is 16.8. The van der Waals surface area contributed by atoms with E-state index < -0.39 is 23.5 Å². The van der Waals surface area contributed by atoms with Gasteiger partial charge in [-0.15, -0.1) is 0 Å². The zero-order valence-corrected chi connectivity index (χ0v) is 19.7. The highest BCUT2D eigenvalue weighted by molar-refractivity contribution is 6.32. The molecule has 0 spiro atoms. The molecule has 5 rings (SSSR count). The number of rotatable bonds is 5. The average molecular weight is 510 g/mol. The lowest BCUT2D eigenvalue weighted by Gasteiger charge is -2.27. The second-order valence-corrected chi connectivity index (χ2v) is 8.69. The van der Waals surface area contributed by atoms with Crippen molar-refractivity contribution in [1.82, 2.24) is 0 Å². The van der Waals surface area contributed by atoms with Crippen molar-refractivity contribution in [3.05, 3.63) is 99.4 Å². The number of carbonyl (C=O) groups excluding carboxylic acids is 2. The Hall–Kier alpha value is -3.94. The number of Topliss-reactive ketones (excluding diaryl/α,β-unsaturated/α-hetero) is 1. The lowest BCUT2D eigenvalue weighted by atomic mass is 9.94. The number of benzene rings is 3. The van der Waals surface area contributed by atoms with Gasteiger partial charge in [0.1, 0.15) is 5.75 Å². The lowest BCUT2D eigenvalue weighted by Crippen LogP contribution is -2.31. The number of anilines is 1. The molecule has 2 heterocycles. The van der Waals surface area contributed by atoms with Crippen molar-refractivity contribution >= 4 is 51.5 Å². The highest BCUT2D eigenvalue weighted by Crippen LogP contribution is 2.44. The van der Waals surface area contributed by atoms with E-state index in [9.17, 15) is 19.8 Å². The van der Waals surface area contributed by atoms with Crippen LogP contribution in [0, 0.1) is 0 Å². The Morgan fingerprint density at radius 3 is 2.46 bits per heavy atom. The number of phenolic OH excluding ortho intramolecular Hbond substituents is 1. The summed E-state index contributed by atoms with van der Waals surface area (Å²) < 4.78 is 11.1. The number of phenols is 1. The summed E-state index contributed by atoms with van der Waals surface area (Å²) in [6, 6.07) is 16.4. The van der Waals surface area contributed by atoms with Gasteiger partial charge in [-0.05, 0) is 54.1 Å². The van der Waals surface area contributed by atoms with Gasteiger partial charge in [0.25, 0.3) is 5.91 Å².